The third-order valence-corrected chi connectivity index (χ3v) is 3.00. The van der Waals surface area contributed by atoms with E-state index in [0.29, 0.717) is 13.2 Å². The zero-order valence-corrected chi connectivity index (χ0v) is 9.81. The molecule has 0 radical (unpaired) electrons. The number of nitrogens with zero attached hydrogens (tertiary/aromatic N) is 1. The van der Waals surface area contributed by atoms with Gasteiger partial charge in [0.15, 0.2) is 0 Å². The summed E-state index contributed by atoms with van der Waals surface area (Å²) in [5, 5.41) is 0. The average molecular weight is 218 g/mol. The summed E-state index contributed by atoms with van der Waals surface area (Å²) < 4.78 is 15.9. The summed E-state index contributed by atoms with van der Waals surface area (Å²) in [6.07, 6.45) is 0.279. The van der Waals surface area contributed by atoms with Crippen LogP contribution in [0.3, 0.4) is 0 Å². The predicted molar refractivity (Wildman–Crippen MR) is 57.9 cm³/mol. The molecule has 1 rings (SSSR count). The van der Waals surface area contributed by atoms with Gasteiger partial charge in [-0.2, -0.15) is 0 Å². The van der Waals surface area contributed by atoms with Gasteiger partial charge in [0.25, 0.3) is 0 Å². The van der Waals surface area contributed by atoms with Gasteiger partial charge in [-0.3, -0.25) is 4.90 Å². The maximum Gasteiger partial charge on any atom is 0.0971 e. The topological polar surface area (TPSA) is 57.0 Å². The predicted octanol–water partition coefficient (Wildman–Crippen LogP) is -0.694. The van der Waals surface area contributed by atoms with Gasteiger partial charge in [0, 0.05) is 47.0 Å². The SMILES string of the molecule is COCC(CN)N1CC(OC)C(OC)C1. The van der Waals surface area contributed by atoms with Crippen LogP contribution in [0.4, 0.5) is 0 Å². The van der Waals surface area contributed by atoms with E-state index in [4.69, 9.17) is 19.9 Å². The molecule has 3 unspecified atom stereocenters. The van der Waals surface area contributed by atoms with E-state index in [1.807, 2.05) is 0 Å². The highest BCUT2D eigenvalue weighted by Crippen LogP contribution is 2.17. The van der Waals surface area contributed by atoms with Crippen molar-refractivity contribution in [1.82, 2.24) is 4.90 Å². The smallest absolute Gasteiger partial charge is 0.0971 e. The Morgan fingerprint density at radius 3 is 2.07 bits per heavy atom. The van der Waals surface area contributed by atoms with E-state index >= 15 is 0 Å². The van der Waals surface area contributed by atoms with Gasteiger partial charge in [0.2, 0.25) is 0 Å². The molecule has 5 nitrogen and oxygen atoms in total. The molecule has 3 atom stereocenters. The van der Waals surface area contributed by atoms with Gasteiger partial charge < -0.3 is 19.9 Å². The number of hydrogen-bond acceptors (Lipinski definition) is 5. The zero-order chi connectivity index (χ0) is 11.3. The van der Waals surface area contributed by atoms with E-state index in [1.54, 1.807) is 21.3 Å². The van der Waals surface area contributed by atoms with Crippen molar-refractivity contribution in [2.75, 3.05) is 47.6 Å². The minimum atomic E-state index is 0.140. The van der Waals surface area contributed by atoms with Crippen molar-refractivity contribution in [3.63, 3.8) is 0 Å². The molecule has 0 aromatic heterocycles. The standard InChI is InChI=1S/C10H22N2O3/c1-13-7-8(4-11)12-5-9(14-2)10(6-12)15-3/h8-10H,4-7,11H2,1-3H3. The van der Waals surface area contributed by atoms with Crippen LogP contribution in [0.1, 0.15) is 0 Å². The van der Waals surface area contributed by atoms with Crippen molar-refractivity contribution in [2.24, 2.45) is 5.73 Å². The second-order valence-electron chi connectivity index (χ2n) is 3.85. The lowest BCUT2D eigenvalue weighted by atomic mass is 10.3. The Bertz CT molecular complexity index is 168. The summed E-state index contributed by atoms with van der Waals surface area (Å²) in [4.78, 5) is 2.27. The molecule has 0 amide bonds. The number of methoxy groups -OCH3 is 3. The van der Waals surface area contributed by atoms with Crippen LogP contribution in [0, 0.1) is 0 Å². The van der Waals surface area contributed by atoms with Gasteiger partial charge in [-0.15, -0.1) is 0 Å². The highest BCUT2D eigenvalue weighted by molar-refractivity contribution is 4.89. The summed E-state index contributed by atoms with van der Waals surface area (Å²) >= 11 is 0. The van der Waals surface area contributed by atoms with Gasteiger partial charge in [-0.1, -0.05) is 0 Å². The number of likely N-dealkylation sites (tertiary alicyclic amines) is 1. The van der Waals surface area contributed by atoms with Crippen molar-refractivity contribution in [3.05, 3.63) is 0 Å². The molecule has 0 saturated carbocycles. The Labute approximate surface area is 91.5 Å². The summed E-state index contributed by atoms with van der Waals surface area (Å²) in [5.74, 6) is 0. The molecule has 2 N–H and O–H groups in total. The molecule has 1 saturated heterocycles. The van der Waals surface area contributed by atoms with Crippen LogP contribution in [0.5, 0.6) is 0 Å². The van der Waals surface area contributed by atoms with Gasteiger partial charge in [-0.05, 0) is 0 Å². The second-order valence-corrected chi connectivity index (χ2v) is 3.85. The number of ether oxygens (including phenoxy) is 3. The van der Waals surface area contributed by atoms with Crippen LogP contribution in [-0.2, 0) is 14.2 Å². The van der Waals surface area contributed by atoms with Gasteiger partial charge in [0.05, 0.1) is 18.8 Å². The molecule has 90 valence electrons. The molecule has 1 aliphatic rings. The minimum Gasteiger partial charge on any atom is -0.383 e. The van der Waals surface area contributed by atoms with E-state index in [0.717, 1.165) is 13.1 Å². The van der Waals surface area contributed by atoms with Gasteiger partial charge >= 0.3 is 0 Å². The summed E-state index contributed by atoms with van der Waals surface area (Å²) in [7, 11) is 5.13. The Morgan fingerprint density at radius 1 is 1.20 bits per heavy atom. The first-order valence-corrected chi connectivity index (χ1v) is 5.25. The first-order valence-electron chi connectivity index (χ1n) is 5.25. The average Bonchev–Trinajstić information content (AvgIpc) is 2.68. The van der Waals surface area contributed by atoms with E-state index < -0.39 is 0 Å². The fourth-order valence-corrected chi connectivity index (χ4v) is 2.04. The molecule has 0 aromatic rings. The molecule has 1 aliphatic heterocycles. The molecule has 0 aromatic carbocycles. The van der Waals surface area contributed by atoms with E-state index in [-0.39, 0.29) is 18.2 Å². The molecule has 0 aliphatic carbocycles. The largest absolute Gasteiger partial charge is 0.383 e. The van der Waals surface area contributed by atoms with Crippen molar-refractivity contribution in [2.45, 2.75) is 18.2 Å². The fraction of sp³-hybridized carbons (Fsp3) is 1.00. The normalized spacial score (nSPS) is 29.6. The highest BCUT2D eigenvalue weighted by atomic mass is 16.5. The molecular weight excluding hydrogens is 196 g/mol. The zero-order valence-electron chi connectivity index (χ0n) is 9.81. The Hall–Kier alpha value is -0.200. The van der Waals surface area contributed by atoms with E-state index in [2.05, 4.69) is 4.90 Å². The molecule has 1 heterocycles. The highest BCUT2D eigenvalue weighted by Gasteiger charge is 2.35. The van der Waals surface area contributed by atoms with Gasteiger partial charge in [0.1, 0.15) is 0 Å². The van der Waals surface area contributed by atoms with Crippen molar-refractivity contribution >= 4 is 0 Å². The number of rotatable bonds is 6. The second kappa shape index (κ2) is 6.40. The molecule has 0 bridgehead atoms. The lowest BCUT2D eigenvalue weighted by molar-refractivity contribution is -0.00461. The first kappa shape index (κ1) is 12.9. The summed E-state index contributed by atoms with van der Waals surface area (Å²) in [6, 6.07) is 0.257. The molecular formula is C10H22N2O3. The number of nitrogens with two attached hydrogens (primary N) is 1. The van der Waals surface area contributed by atoms with Gasteiger partial charge in [-0.25, -0.2) is 0 Å². The molecule has 5 heteroatoms. The van der Waals surface area contributed by atoms with Crippen LogP contribution in [0.2, 0.25) is 0 Å². The van der Waals surface area contributed by atoms with Crippen LogP contribution in [0.25, 0.3) is 0 Å². The van der Waals surface area contributed by atoms with Crippen molar-refractivity contribution in [1.29, 1.82) is 0 Å². The van der Waals surface area contributed by atoms with Crippen LogP contribution in [0.15, 0.2) is 0 Å². The minimum absolute atomic E-state index is 0.140. The molecule has 1 fully saturated rings. The van der Waals surface area contributed by atoms with Crippen molar-refractivity contribution in [3.8, 4) is 0 Å². The lowest BCUT2D eigenvalue weighted by Gasteiger charge is -2.25. The van der Waals surface area contributed by atoms with Crippen LogP contribution in [-0.4, -0.2) is 70.7 Å². The van der Waals surface area contributed by atoms with E-state index in [1.165, 1.54) is 0 Å². The Kier molecular flexibility index (Phi) is 5.49. The molecule has 15 heavy (non-hydrogen) atoms. The maximum atomic E-state index is 5.71. The fourth-order valence-electron chi connectivity index (χ4n) is 2.04. The number of hydrogen-bond donors (Lipinski definition) is 1. The van der Waals surface area contributed by atoms with Crippen molar-refractivity contribution < 1.29 is 14.2 Å². The maximum absolute atomic E-state index is 5.71. The van der Waals surface area contributed by atoms with E-state index in [9.17, 15) is 0 Å². The lowest BCUT2D eigenvalue weighted by Crippen LogP contribution is -2.43. The van der Waals surface area contributed by atoms with Crippen LogP contribution < -0.4 is 5.73 Å². The summed E-state index contributed by atoms with van der Waals surface area (Å²) in [6.45, 7) is 2.98. The molecule has 0 spiro atoms. The Morgan fingerprint density at radius 2 is 1.73 bits per heavy atom. The monoisotopic (exact) mass is 218 g/mol. The Balaban J connectivity index is 2.50. The first-order chi connectivity index (χ1) is 7.26. The quantitative estimate of drug-likeness (QED) is 0.639. The third-order valence-electron chi connectivity index (χ3n) is 3.00. The third kappa shape index (κ3) is 3.12. The van der Waals surface area contributed by atoms with Crippen LogP contribution >= 0.6 is 0 Å². The summed E-state index contributed by atoms with van der Waals surface area (Å²) in [5.41, 5.74) is 5.71.